The molecule has 2 rings (SSSR count). The Bertz CT molecular complexity index is 443. The Morgan fingerprint density at radius 1 is 1.47 bits per heavy atom. The fraction of sp³-hybridized carbons (Fsp3) is 0.200. The van der Waals surface area contributed by atoms with E-state index in [0.717, 1.165) is 0 Å². The van der Waals surface area contributed by atoms with E-state index in [1.807, 2.05) is 0 Å². The number of rotatable bonds is 3. The van der Waals surface area contributed by atoms with E-state index in [1.54, 1.807) is 19.1 Å². The summed E-state index contributed by atoms with van der Waals surface area (Å²) in [6.07, 6.45) is 1.23. The second-order valence-electron chi connectivity index (χ2n) is 3.05. The van der Waals surface area contributed by atoms with Crippen LogP contribution in [-0.4, -0.2) is 10.1 Å². The molecular formula is C10H9FN2O2. The highest BCUT2D eigenvalue weighted by Crippen LogP contribution is 2.16. The number of hydrogen-bond donors (Lipinski definition) is 0. The average Bonchev–Trinajstić information content (AvgIpc) is 2.73. The van der Waals surface area contributed by atoms with Gasteiger partial charge in [0.1, 0.15) is 11.6 Å². The molecule has 1 aromatic heterocycles. The van der Waals surface area contributed by atoms with Gasteiger partial charge in [0.2, 0.25) is 12.2 Å². The van der Waals surface area contributed by atoms with Crippen LogP contribution in [0.25, 0.3) is 0 Å². The zero-order valence-electron chi connectivity index (χ0n) is 8.11. The molecule has 0 unspecified atom stereocenters. The van der Waals surface area contributed by atoms with Gasteiger partial charge in [-0.15, -0.1) is 0 Å². The third-order valence-electron chi connectivity index (χ3n) is 1.90. The Kier molecular flexibility index (Phi) is 2.62. The summed E-state index contributed by atoms with van der Waals surface area (Å²) < 4.78 is 22.8. The van der Waals surface area contributed by atoms with E-state index in [2.05, 4.69) is 14.7 Å². The van der Waals surface area contributed by atoms with Gasteiger partial charge in [-0.25, -0.2) is 4.39 Å². The Hall–Kier alpha value is -1.91. The minimum atomic E-state index is -0.248. The highest BCUT2D eigenvalue weighted by Gasteiger charge is 2.02. The molecule has 0 saturated heterocycles. The molecule has 0 aliphatic heterocycles. The minimum absolute atomic E-state index is 0.210. The molecule has 1 heterocycles. The molecule has 0 bridgehead atoms. The summed E-state index contributed by atoms with van der Waals surface area (Å²) >= 11 is 0. The van der Waals surface area contributed by atoms with E-state index in [0.29, 0.717) is 17.1 Å². The Balaban J connectivity index is 2.02. The van der Waals surface area contributed by atoms with Crippen molar-refractivity contribution >= 4 is 0 Å². The molecule has 0 aliphatic rings. The average molecular weight is 208 g/mol. The monoisotopic (exact) mass is 208 g/mol. The van der Waals surface area contributed by atoms with Gasteiger partial charge in [-0.05, 0) is 30.7 Å². The van der Waals surface area contributed by atoms with Gasteiger partial charge in [0, 0.05) is 0 Å². The molecule has 0 amide bonds. The van der Waals surface area contributed by atoms with Gasteiger partial charge >= 0.3 is 0 Å². The van der Waals surface area contributed by atoms with Crippen LogP contribution < -0.4 is 4.74 Å². The quantitative estimate of drug-likeness (QED) is 0.774. The van der Waals surface area contributed by atoms with Crippen LogP contribution in [0.2, 0.25) is 0 Å². The molecular weight excluding hydrogens is 199 g/mol. The SMILES string of the molecule is Cc1cc(OCc2ncon2)ccc1F. The maximum atomic E-state index is 12.9. The molecule has 0 atom stereocenters. The maximum Gasteiger partial charge on any atom is 0.213 e. The number of halogens is 1. The van der Waals surface area contributed by atoms with E-state index in [4.69, 9.17) is 4.74 Å². The molecule has 0 fully saturated rings. The zero-order valence-corrected chi connectivity index (χ0v) is 8.11. The Labute approximate surface area is 85.7 Å². The van der Waals surface area contributed by atoms with Gasteiger partial charge in [0.15, 0.2) is 6.61 Å². The number of ether oxygens (including phenoxy) is 1. The largest absolute Gasteiger partial charge is 0.485 e. The van der Waals surface area contributed by atoms with Crippen LogP contribution in [0, 0.1) is 12.7 Å². The van der Waals surface area contributed by atoms with Crippen LogP contribution in [0.3, 0.4) is 0 Å². The summed E-state index contributed by atoms with van der Waals surface area (Å²) in [5.74, 6) is 0.789. The minimum Gasteiger partial charge on any atom is -0.485 e. The molecule has 5 heteroatoms. The topological polar surface area (TPSA) is 48.2 Å². The third-order valence-corrected chi connectivity index (χ3v) is 1.90. The molecule has 0 N–H and O–H groups in total. The Morgan fingerprint density at radius 3 is 3.00 bits per heavy atom. The van der Waals surface area contributed by atoms with Crippen LogP contribution in [0.4, 0.5) is 4.39 Å². The highest BCUT2D eigenvalue weighted by molar-refractivity contribution is 5.28. The lowest BCUT2D eigenvalue weighted by molar-refractivity contribution is 0.286. The van der Waals surface area contributed by atoms with Crippen molar-refractivity contribution in [1.82, 2.24) is 10.1 Å². The second-order valence-corrected chi connectivity index (χ2v) is 3.05. The van der Waals surface area contributed by atoms with Gasteiger partial charge in [-0.1, -0.05) is 5.16 Å². The van der Waals surface area contributed by atoms with Gasteiger partial charge in [0.05, 0.1) is 0 Å². The van der Waals surface area contributed by atoms with Crippen molar-refractivity contribution in [2.45, 2.75) is 13.5 Å². The molecule has 0 saturated carbocycles. The van der Waals surface area contributed by atoms with E-state index >= 15 is 0 Å². The van der Waals surface area contributed by atoms with Gasteiger partial charge < -0.3 is 9.26 Å². The van der Waals surface area contributed by atoms with Crippen LogP contribution in [-0.2, 0) is 6.61 Å². The smallest absolute Gasteiger partial charge is 0.213 e. The summed E-state index contributed by atoms with van der Waals surface area (Å²) in [6.45, 7) is 1.89. The molecule has 15 heavy (non-hydrogen) atoms. The van der Waals surface area contributed by atoms with Gasteiger partial charge in [0.25, 0.3) is 0 Å². The van der Waals surface area contributed by atoms with Crippen molar-refractivity contribution in [3.05, 3.63) is 41.8 Å². The fourth-order valence-electron chi connectivity index (χ4n) is 1.11. The predicted molar refractivity (Wildman–Crippen MR) is 49.8 cm³/mol. The highest BCUT2D eigenvalue weighted by atomic mass is 19.1. The molecule has 2 aromatic rings. The van der Waals surface area contributed by atoms with Crippen LogP contribution in [0.1, 0.15) is 11.4 Å². The lowest BCUT2D eigenvalue weighted by Gasteiger charge is -2.04. The summed E-state index contributed by atoms with van der Waals surface area (Å²) in [5, 5.41) is 3.59. The van der Waals surface area contributed by atoms with Crippen molar-refractivity contribution < 1.29 is 13.7 Å². The lowest BCUT2D eigenvalue weighted by atomic mass is 10.2. The van der Waals surface area contributed by atoms with Crippen LogP contribution in [0.15, 0.2) is 29.1 Å². The zero-order chi connectivity index (χ0) is 10.7. The second kappa shape index (κ2) is 4.08. The first-order chi connectivity index (χ1) is 7.25. The normalized spacial score (nSPS) is 10.3. The van der Waals surface area contributed by atoms with Gasteiger partial charge in [-0.2, -0.15) is 4.98 Å². The molecule has 1 aromatic carbocycles. The van der Waals surface area contributed by atoms with Crippen LogP contribution >= 0.6 is 0 Å². The van der Waals surface area contributed by atoms with E-state index in [9.17, 15) is 4.39 Å². The standard InChI is InChI=1S/C10H9FN2O2/c1-7-4-8(2-3-9(7)11)14-5-10-12-6-15-13-10/h2-4,6H,5H2,1H3. The van der Waals surface area contributed by atoms with E-state index < -0.39 is 0 Å². The molecule has 4 nitrogen and oxygen atoms in total. The van der Waals surface area contributed by atoms with Crippen molar-refractivity contribution in [1.29, 1.82) is 0 Å². The number of hydrogen-bond acceptors (Lipinski definition) is 4. The fourth-order valence-corrected chi connectivity index (χ4v) is 1.11. The van der Waals surface area contributed by atoms with Crippen molar-refractivity contribution in [2.24, 2.45) is 0 Å². The number of aryl methyl sites for hydroxylation is 1. The lowest BCUT2D eigenvalue weighted by Crippen LogP contribution is -1.97. The molecule has 0 radical (unpaired) electrons. The maximum absolute atomic E-state index is 12.9. The van der Waals surface area contributed by atoms with Crippen molar-refractivity contribution in [3.63, 3.8) is 0 Å². The number of aromatic nitrogens is 2. The number of nitrogens with zero attached hydrogens (tertiary/aromatic N) is 2. The van der Waals surface area contributed by atoms with Crippen LogP contribution in [0.5, 0.6) is 5.75 Å². The van der Waals surface area contributed by atoms with Gasteiger partial charge in [-0.3, -0.25) is 0 Å². The predicted octanol–water partition coefficient (Wildman–Crippen LogP) is 2.10. The third kappa shape index (κ3) is 2.31. The summed E-state index contributed by atoms with van der Waals surface area (Å²) in [6, 6.07) is 4.54. The Morgan fingerprint density at radius 2 is 2.33 bits per heavy atom. The number of benzene rings is 1. The summed E-state index contributed by atoms with van der Waals surface area (Å²) in [4.78, 5) is 3.79. The molecule has 0 aliphatic carbocycles. The molecule has 78 valence electrons. The first-order valence-corrected chi connectivity index (χ1v) is 4.40. The van der Waals surface area contributed by atoms with Crippen molar-refractivity contribution in [3.8, 4) is 5.75 Å². The summed E-state index contributed by atoms with van der Waals surface area (Å²) in [5.41, 5.74) is 0.542. The van der Waals surface area contributed by atoms with Crippen molar-refractivity contribution in [2.75, 3.05) is 0 Å². The molecule has 0 spiro atoms. The summed E-state index contributed by atoms with van der Waals surface area (Å²) in [7, 11) is 0. The first-order valence-electron chi connectivity index (χ1n) is 4.40. The first kappa shape index (κ1) is 9.64. The van der Waals surface area contributed by atoms with E-state index in [-0.39, 0.29) is 12.4 Å². The van der Waals surface area contributed by atoms with E-state index in [1.165, 1.54) is 12.5 Å².